The van der Waals surface area contributed by atoms with Crippen LogP contribution in [0.2, 0.25) is 0 Å². The average Bonchev–Trinajstić information content (AvgIpc) is 2.77. The highest BCUT2D eigenvalue weighted by Crippen LogP contribution is 2.35. The molecule has 0 saturated heterocycles. The number of thiazole rings is 1. The van der Waals surface area contributed by atoms with Gasteiger partial charge in [-0.1, -0.05) is 20.8 Å². The van der Waals surface area contributed by atoms with Gasteiger partial charge in [-0.15, -0.1) is 21.5 Å². The quantitative estimate of drug-likeness (QED) is 0.822. The molecule has 0 saturated carbocycles. The first-order valence-corrected chi connectivity index (χ1v) is 7.34. The lowest BCUT2D eigenvalue weighted by molar-refractivity contribution is -0.141. The van der Waals surface area contributed by atoms with Gasteiger partial charge in [0.1, 0.15) is 5.03 Å². The largest absolute Gasteiger partial charge is 0.435 e. The van der Waals surface area contributed by atoms with Crippen LogP contribution in [0.4, 0.5) is 13.2 Å². The van der Waals surface area contributed by atoms with Gasteiger partial charge < -0.3 is 0 Å². The normalized spacial score (nSPS) is 12.7. The summed E-state index contributed by atoms with van der Waals surface area (Å²) < 4.78 is 37.8. The number of halogens is 3. The standard InChI is InChI=1S/C12H12F3N3S2/c1-11(2,3)8-6-16-10(19-8)20-9-5-4-7(17-18-9)12(13,14)15/h4-6H,1-3H3. The van der Waals surface area contributed by atoms with Crippen molar-refractivity contribution in [1.29, 1.82) is 0 Å². The molecule has 8 heteroatoms. The van der Waals surface area contributed by atoms with Gasteiger partial charge in [0.05, 0.1) is 0 Å². The number of nitrogens with zero attached hydrogens (tertiary/aromatic N) is 3. The predicted octanol–water partition coefficient (Wildman–Crippen LogP) is 4.40. The zero-order chi connectivity index (χ0) is 15.0. The smallest absolute Gasteiger partial charge is 0.237 e. The molecule has 108 valence electrons. The zero-order valence-electron chi connectivity index (χ0n) is 11.0. The van der Waals surface area contributed by atoms with Crippen LogP contribution in [-0.2, 0) is 11.6 Å². The van der Waals surface area contributed by atoms with Crippen molar-refractivity contribution in [2.24, 2.45) is 0 Å². The summed E-state index contributed by atoms with van der Waals surface area (Å²) in [6.45, 7) is 6.23. The molecule has 0 aliphatic carbocycles. The van der Waals surface area contributed by atoms with E-state index in [0.717, 1.165) is 15.3 Å². The minimum Gasteiger partial charge on any atom is -0.237 e. The lowest BCUT2D eigenvalue weighted by Crippen LogP contribution is -2.08. The van der Waals surface area contributed by atoms with Crippen molar-refractivity contribution < 1.29 is 13.2 Å². The van der Waals surface area contributed by atoms with E-state index in [1.54, 1.807) is 6.20 Å². The summed E-state index contributed by atoms with van der Waals surface area (Å²) in [6.07, 6.45) is -2.68. The SMILES string of the molecule is CC(C)(C)c1cnc(Sc2ccc(C(F)(F)F)nn2)s1. The first kappa shape index (κ1) is 15.2. The van der Waals surface area contributed by atoms with Gasteiger partial charge in [0.2, 0.25) is 0 Å². The summed E-state index contributed by atoms with van der Waals surface area (Å²) in [6, 6.07) is 2.23. The Morgan fingerprint density at radius 3 is 2.25 bits per heavy atom. The number of rotatable bonds is 2. The summed E-state index contributed by atoms with van der Waals surface area (Å²) in [4.78, 5) is 5.35. The fourth-order valence-electron chi connectivity index (χ4n) is 1.27. The molecule has 0 bridgehead atoms. The lowest BCUT2D eigenvalue weighted by Gasteiger charge is -2.14. The Hall–Kier alpha value is -1.15. The number of aromatic nitrogens is 3. The van der Waals surface area contributed by atoms with Gasteiger partial charge in [0.15, 0.2) is 10.0 Å². The summed E-state index contributed by atoms with van der Waals surface area (Å²) in [5.74, 6) is 0. The van der Waals surface area contributed by atoms with E-state index in [-0.39, 0.29) is 5.41 Å². The van der Waals surface area contributed by atoms with Crippen LogP contribution < -0.4 is 0 Å². The second-order valence-corrected chi connectivity index (χ2v) is 7.40. The Bertz CT molecular complexity index is 585. The Kier molecular flexibility index (Phi) is 4.06. The van der Waals surface area contributed by atoms with E-state index in [4.69, 9.17) is 0 Å². The van der Waals surface area contributed by atoms with Crippen LogP contribution >= 0.6 is 23.1 Å². The van der Waals surface area contributed by atoms with Crippen LogP contribution in [0, 0.1) is 0 Å². The van der Waals surface area contributed by atoms with Gasteiger partial charge in [-0.25, -0.2) is 4.98 Å². The predicted molar refractivity (Wildman–Crippen MR) is 72.0 cm³/mol. The summed E-state index contributed by atoms with van der Waals surface area (Å²) in [7, 11) is 0. The van der Waals surface area contributed by atoms with E-state index in [0.29, 0.717) is 5.03 Å². The molecule has 0 aliphatic rings. The molecule has 0 fully saturated rings. The van der Waals surface area contributed by atoms with E-state index in [2.05, 4.69) is 36.0 Å². The van der Waals surface area contributed by atoms with Crippen LogP contribution in [-0.4, -0.2) is 15.2 Å². The van der Waals surface area contributed by atoms with Crippen LogP contribution in [0.15, 0.2) is 27.7 Å². The molecule has 0 N–H and O–H groups in total. The van der Waals surface area contributed by atoms with E-state index >= 15 is 0 Å². The Morgan fingerprint density at radius 1 is 1.10 bits per heavy atom. The second-order valence-electron chi connectivity index (χ2n) is 5.10. The summed E-state index contributed by atoms with van der Waals surface area (Å²) in [5, 5.41) is 7.15. The van der Waals surface area contributed by atoms with Gasteiger partial charge in [-0.2, -0.15) is 13.2 Å². The highest BCUT2D eigenvalue weighted by molar-refractivity contribution is 8.01. The van der Waals surface area contributed by atoms with Gasteiger partial charge in [-0.3, -0.25) is 0 Å². The van der Waals surface area contributed by atoms with Gasteiger partial charge in [0.25, 0.3) is 0 Å². The zero-order valence-corrected chi connectivity index (χ0v) is 12.7. The molecule has 2 aromatic heterocycles. The first-order chi connectivity index (χ1) is 9.16. The Morgan fingerprint density at radius 2 is 1.80 bits per heavy atom. The molecule has 2 rings (SSSR count). The number of alkyl halides is 3. The minimum absolute atomic E-state index is 0.00228. The van der Waals surface area contributed by atoms with Gasteiger partial charge in [-0.05, 0) is 29.3 Å². The second kappa shape index (κ2) is 5.33. The monoisotopic (exact) mass is 319 g/mol. The van der Waals surface area contributed by atoms with Gasteiger partial charge >= 0.3 is 6.18 Å². The minimum atomic E-state index is -4.46. The molecule has 0 spiro atoms. The van der Waals surface area contributed by atoms with Crippen molar-refractivity contribution in [2.75, 3.05) is 0 Å². The molecule has 0 unspecified atom stereocenters. The van der Waals surface area contributed by atoms with E-state index in [9.17, 15) is 13.2 Å². The molecule has 20 heavy (non-hydrogen) atoms. The van der Waals surface area contributed by atoms with Crippen molar-refractivity contribution in [3.8, 4) is 0 Å². The molecular formula is C12H12F3N3S2. The molecule has 0 aromatic carbocycles. The van der Waals surface area contributed by atoms with Crippen LogP contribution in [0.25, 0.3) is 0 Å². The third-order valence-corrected chi connectivity index (χ3v) is 4.77. The Balaban J connectivity index is 2.13. The third kappa shape index (κ3) is 3.69. The fourth-order valence-corrected chi connectivity index (χ4v) is 3.17. The summed E-state index contributed by atoms with van der Waals surface area (Å²) >= 11 is 2.72. The van der Waals surface area contributed by atoms with E-state index in [1.807, 2.05) is 0 Å². The van der Waals surface area contributed by atoms with Crippen LogP contribution in [0.5, 0.6) is 0 Å². The molecule has 0 amide bonds. The highest BCUT2D eigenvalue weighted by Gasteiger charge is 2.32. The molecule has 0 radical (unpaired) electrons. The molecule has 2 aromatic rings. The maximum atomic E-state index is 12.4. The fraction of sp³-hybridized carbons (Fsp3) is 0.417. The molecule has 3 nitrogen and oxygen atoms in total. The van der Waals surface area contributed by atoms with Crippen LogP contribution in [0.1, 0.15) is 31.3 Å². The third-order valence-electron chi connectivity index (χ3n) is 2.35. The van der Waals surface area contributed by atoms with Crippen molar-refractivity contribution in [3.05, 3.63) is 28.9 Å². The van der Waals surface area contributed by atoms with Crippen LogP contribution in [0.3, 0.4) is 0 Å². The lowest BCUT2D eigenvalue weighted by atomic mass is 9.96. The molecule has 0 atom stereocenters. The van der Waals surface area contributed by atoms with Crippen molar-refractivity contribution in [1.82, 2.24) is 15.2 Å². The summed E-state index contributed by atoms with van der Waals surface area (Å²) in [5.41, 5.74) is -0.987. The average molecular weight is 319 g/mol. The topological polar surface area (TPSA) is 38.7 Å². The number of hydrogen-bond acceptors (Lipinski definition) is 5. The Labute approximate surface area is 122 Å². The van der Waals surface area contributed by atoms with Crippen molar-refractivity contribution >= 4 is 23.1 Å². The van der Waals surface area contributed by atoms with E-state index in [1.165, 1.54) is 29.2 Å². The van der Waals surface area contributed by atoms with Crippen molar-refractivity contribution in [3.63, 3.8) is 0 Å². The highest BCUT2D eigenvalue weighted by atomic mass is 32.2. The first-order valence-electron chi connectivity index (χ1n) is 5.71. The van der Waals surface area contributed by atoms with E-state index < -0.39 is 11.9 Å². The number of hydrogen-bond donors (Lipinski definition) is 0. The van der Waals surface area contributed by atoms with Crippen molar-refractivity contribution in [2.45, 2.75) is 41.7 Å². The molecule has 2 heterocycles. The maximum Gasteiger partial charge on any atom is 0.435 e. The molecular weight excluding hydrogens is 307 g/mol. The maximum absolute atomic E-state index is 12.4. The molecule has 0 aliphatic heterocycles. The van der Waals surface area contributed by atoms with Gasteiger partial charge in [0, 0.05) is 11.1 Å².